The van der Waals surface area contributed by atoms with Crippen LogP contribution in [0.3, 0.4) is 0 Å². The van der Waals surface area contributed by atoms with Crippen LogP contribution >= 0.6 is 0 Å². The average Bonchev–Trinajstić information content (AvgIpc) is 3.35. The highest BCUT2D eigenvalue weighted by molar-refractivity contribution is 5.90. The molecule has 2 saturated carbocycles. The van der Waals surface area contributed by atoms with Gasteiger partial charge in [-0.3, -0.25) is 0 Å². The van der Waals surface area contributed by atoms with E-state index in [1.807, 2.05) is 24.3 Å². The molecular weight excluding hydrogens is 511 g/mol. The number of hydrogen-bond acceptors (Lipinski definition) is 6. The topological polar surface area (TPSA) is 71.1 Å². The minimum atomic E-state index is -1.23. The Morgan fingerprint density at radius 1 is 0.975 bits per heavy atom. The van der Waals surface area contributed by atoms with Crippen LogP contribution in [0.4, 0.5) is 4.39 Å². The summed E-state index contributed by atoms with van der Waals surface area (Å²) in [7, 11) is 0. The van der Waals surface area contributed by atoms with Crippen LogP contribution in [0.1, 0.15) is 67.3 Å². The summed E-state index contributed by atoms with van der Waals surface area (Å²) in [6.07, 6.45) is 7.51. The number of ether oxygens (including phenoxy) is 2. The number of rotatable bonds is 13. The van der Waals surface area contributed by atoms with Gasteiger partial charge in [0, 0.05) is 11.5 Å². The lowest BCUT2D eigenvalue weighted by atomic mass is 9.70. The van der Waals surface area contributed by atoms with E-state index in [2.05, 4.69) is 25.3 Å². The maximum absolute atomic E-state index is 15.3. The second-order valence-electron chi connectivity index (χ2n) is 10.7. The van der Waals surface area contributed by atoms with Gasteiger partial charge in [-0.05, 0) is 80.2 Å². The Morgan fingerprint density at radius 2 is 1.70 bits per heavy atom. The average molecular weight is 551 g/mol. The van der Waals surface area contributed by atoms with E-state index in [0.29, 0.717) is 31.6 Å². The van der Waals surface area contributed by atoms with Gasteiger partial charge in [-0.25, -0.2) is 23.8 Å². The molecule has 0 aromatic heterocycles. The Bertz CT molecular complexity index is 1140. The molecule has 4 rings (SSSR count). The van der Waals surface area contributed by atoms with E-state index in [9.17, 15) is 9.59 Å². The monoisotopic (exact) mass is 550 g/mol. The highest BCUT2D eigenvalue weighted by Gasteiger charge is 2.51. The summed E-state index contributed by atoms with van der Waals surface area (Å²) >= 11 is 0. The van der Waals surface area contributed by atoms with Gasteiger partial charge in [0.1, 0.15) is 18.9 Å². The van der Waals surface area contributed by atoms with E-state index in [1.54, 1.807) is 18.2 Å². The number of alkyl halides is 1. The third-order valence-corrected chi connectivity index (χ3v) is 8.06. The molecule has 0 bridgehead atoms. The Kier molecular flexibility index (Phi) is 10.7. The number of esters is 2. The Balaban J connectivity index is 1.25. The number of carbonyl (C=O) groups is 2. The summed E-state index contributed by atoms with van der Waals surface area (Å²) in [5.74, 6) is -0.894. The van der Waals surface area contributed by atoms with Gasteiger partial charge < -0.3 is 9.47 Å². The number of carbonyl (C=O) groups excluding carboxylic acids is 2. The fourth-order valence-electron chi connectivity index (χ4n) is 5.84. The summed E-state index contributed by atoms with van der Waals surface area (Å²) in [5, 5.41) is 0. The predicted octanol–water partition coefficient (Wildman–Crippen LogP) is 7.13. The van der Waals surface area contributed by atoms with Crippen LogP contribution in [0, 0.1) is 5.41 Å². The van der Waals surface area contributed by atoms with Gasteiger partial charge in [0.15, 0.2) is 0 Å². The van der Waals surface area contributed by atoms with Crippen LogP contribution in [0.2, 0.25) is 0 Å². The first-order valence-corrected chi connectivity index (χ1v) is 14.2. The first-order chi connectivity index (χ1) is 19.4. The van der Waals surface area contributed by atoms with Gasteiger partial charge >= 0.3 is 11.9 Å². The molecule has 0 aliphatic heterocycles. The summed E-state index contributed by atoms with van der Waals surface area (Å²) < 4.78 is 25.9. The van der Waals surface area contributed by atoms with Crippen molar-refractivity contribution in [3.63, 3.8) is 0 Å². The van der Waals surface area contributed by atoms with Gasteiger partial charge in [0.2, 0.25) is 0 Å². The van der Waals surface area contributed by atoms with E-state index >= 15 is 4.39 Å². The smallest absolute Gasteiger partial charge is 0.338 e. The zero-order chi connectivity index (χ0) is 28.4. The molecule has 2 aromatic carbocycles. The fourth-order valence-corrected chi connectivity index (χ4v) is 5.84. The van der Waals surface area contributed by atoms with Crippen molar-refractivity contribution in [1.82, 2.24) is 0 Å². The molecule has 40 heavy (non-hydrogen) atoms. The van der Waals surface area contributed by atoms with Crippen molar-refractivity contribution in [1.29, 1.82) is 0 Å². The second kappa shape index (κ2) is 14.4. The summed E-state index contributed by atoms with van der Waals surface area (Å²) in [4.78, 5) is 34.7. The van der Waals surface area contributed by atoms with Crippen LogP contribution in [0.5, 0.6) is 0 Å². The number of unbranched alkanes of at least 4 members (excludes halogenated alkanes) is 1. The summed E-state index contributed by atoms with van der Waals surface area (Å²) in [6.45, 7) is 7.70. The molecule has 2 fully saturated rings. The minimum absolute atomic E-state index is 0.141. The predicted molar refractivity (Wildman–Crippen MR) is 151 cm³/mol. The molecule has 0 saturated heterocycles. The molecule has 214 valence electrons. The minimum Gasteiger partial charge on any atom is -0.463 e. The molecule has 7 heteroatoms. The van der Waals surface area contributed by atoms with Crippen molar-refractivity contribution >= 4 is 11.9 Å². The molecule has 4 atom stereocenters. The van der Waals surface area contributed by atoms with E-state index in [1.165, 1.54) is 11.6 Å². The van der Waals surface area contributed by atoms with Crippen molar-refractivity contribution in [3.8, 4) is 11.1 Å². The molecule has 4 unspecified atom stereocenters. The largest absolute Gasteiger partial charge is 0.463 e. The second-order valence-corrected chi connectivity index (χ2v) is 10.7. The Hall–Kier alpha value is -3.29. The number of benzene rings is 2. The van der Waals surface area contributed by atoms with E-state index in [4.69, 9.17) is 19.2 Å². The standard InChI is InChI=1S/C33H39FO6/c1-3-21-38-40-30-9-7-19-33(30)20-18-29(28(34)23-33)39-32(36)27-16-14-26(15-17-27)25-12-10-24(11-13-25)8-5-6-22-37-31(35)4-2/h3-4,10-17,28-30H,1-2,5-9,18-23H2. The van der Waals surface area contributed by atoms with Crippen molar-refractivity contribution in [3.05, 3.63) is 85.0 Å². The van der Waals surface area contributed by atoms with Gasteiger partial charge in [0.25, 0.3) is 0 Å². The molecule has 2 aliphatic rings. The molecule has 0 heterocycles. The number of halogens is 1. The molecule has 1 spiro atoms. The lowest BCUT2D eigenvalue weighted by Gasteiger charge is -2.42. The Morgan fingerprint density at radius 3 is 2.38 bits per heavy atom. The van der Waals surface area contributed by atoms with Gasteiger partial charge in [-0.15, -0.1) is 6.58 Å². The third kappa shape index (κ3) is 7.67. The first kappa shape index (κ1) is 29.7. The molecule has 0 radical (unpaired) electrons. The van der Waals surface area contributed by atoms with Crippen molar-refractivity contribution in [2.45, 2.75) is 76.2 Å². The van der Waals surface area contributed by atoms with Crippen LogP contribution in [0.15, 0.2) is 73.8 Å². The van der Waals surface area contributed by atoms with Crippen LogP contribution in [-0.2, 0) is 30.5 Å². The fraction of sp³-hybridized carbons (Fsp3) is 0.455. The quantitative estimate of drug-likeness (QED) is 0.0660. The van der Waals surface area contributed by atoms with Gasteiger partial charge in [-0.1, -0.05) is 55.5 Å². The lowest BCUT2D eigenvalue weighted by molar-refractivity contribution is -0.337. The number of aryl methyl sites for hydroxylation is 1. The van der Waals surface area contributed by atoms with Gasteiger partial charge in [0.05, 0.1) is 18.3 Å². The molecule has 2 aromatic rings. The van der Waals surface area contributed by atoms with Crippen LogP contribution in [0.25, 0.3) is 11.1 Å². The molecule has 6 nitrogen and oxygen atoms in total. The van der Waals surface area contributed by atoms with Crippen LogP contribution in [-0.4, -0.2) is 43.5 Å². The maximum atomic E-state index is 15.3. The molecule has 0 amide bonds. The number of hydrogen-bond donors (Lipinski definition) is 0. The van der Waals surface area contributed by atoms with Crippen molar-refractivity contribution in [2.75, 3.05) is 13.2 Å². The summed E-state index contributed by atoms with van der Waals surface area (Å²) in [5.41, 5.74) is 3.36. The zero-order valence-corrected chi connectivity index (χ0v) is 23.0. The van der Waals surface area contributed by atoms with E-state index in [-0.39, 0.29) is 11.5 Å². The normalized spacial score (nSPS) is 24.0. The zero-order valence-electron chi connectivity index (χ0n) is 23.0. The third-order valence-electron chi connectivity index (χ3n) is 8.06. The van der Waals surface area contributed by atoms with E-state index < -0.39 is 24.2 Å². The lowest BCUT2D eigenvalue weighted by Crippen LogP contribution is -2.44. The van der Waals surface area contributed by atoms with Crippen molar-refractivity contribution in [2.24, 2.45) is 5.41 Å². The molecule has 0 N–H and O–H groups in total. The highest BCUT2D eigenvalue weighted by Crippen LogP contribution is 2.51. The van der Waals surface area contributed by atoms with Crippen LogP contribution < -0.4 is 0 Å². The maximum Gasteiger partial charge on any atom is 0.338 e. The SMILES string of the molecule is C=CCOOC1CCCC12CCC(OC(=O)c1ccc(-c3ccc(CCCCOC(=O)C=C)cc3)cc1)C(F)C2. The Labute approximate surface area is 236 Å². The van der Waals surface area contributed by atoms with Gasteiger partial charge in [-0.2, -0.15) is 0 Å². The highest BCUT2D eigenvalue weighted by atomic mass is 19.1. The molecular formula is C33H39FO6. The summed E-state index contributed by atoms with van der Waals surface area (Å²) in [6, 6.07) is 15.5. The van der Waals surface area contributed by atoms with Crippen molar-refractivity contribution < 1.29 is 33.2 Å². The first-order valence-electron chi connectivity index (χ1n) is 14.2. The van der Waals surface area contributed by atoms with E-state index in [0.717, 1.165) is 56.1 Å². The molecule has 2 aliphatic carbocycles.